The Hall–Kier alpha value is -1.03. The van der Waals surface area contributed by atoms with E-state index in [0.29, 0.717) is 0 Å². The van der Waals surface area contributed by atoms with E-state index >= 15 is 0 Å². The molecule has 0 bridgehead atoms. The van der Waals surface area contributed by atoms with Crippen molar-refractivity contribution in [3.05, 3.63) is 11.3 Å². The Morgan fingerprint density at radius 3 is 2.26 bits per heavy atom. The van der Waals surface area contributed by atoms with E-state index in [9.17, 15) is 0 Å². The number of anilines is 1. The Kier molecular flexibility index (Phi) is 6.35. The van der Waals surface area contributed by atoms with Crippen LogP contribution in [0.25, 0.3) is 0 Å². The standard InChI is InChI=1S/C15H30N4/c1-6-9-19(10-7-2)15-14(11-13(16)8-3)12(4)17-18(15)5/h13H,6-11,16H2,1-5H3. The van der Waals surface area contributed by atoms with E-state index in [0.717, 1.165) is 44.5 Å². The highest BCUT2D eigenvalue weighted by Gasteiger charge is 2.19. The summed E-state index contributed by atoms with van der Waals surface area (Å²) in [6.07, 6.45) is 4.25. The van der Waals surface area contributed by atoms with Gasteiger partial charge in [-0.3, -0.25) is 4.68 Å². The molecule has 1 aromatic heterocycles. The number of nitrogens with zero attached hydrogens (tertiary/aromatic N) is 3. The van der Waals surface area contributed by atoms with Crippen LogP contribution >= 0.6 is 0 Å². The fraction of sp³-hybridized carbons (Fsp3) is 0.800. The molecule has 110 valence electrons. The smallest absolute Gasteiger partial charge is 0.130 e. The Bertz CT molecular complexity index is 378. The second kappa shape index (κ2) is 7.53. The number of aryl methyl sites for hydroxylation is 2. The predicted octanol–water partition coefficient (Wildman–Crippen LogP) is 2.63. The Labute approximate surface area is 118 Å². The lowest BCUT2D eigenvalue weighted by molar-refractivity contribution is 0.636. The first-order chi connectivity index (χ1) is 9.04. The third-order valence-electron chi connectivity index (χ3n) is 3.59. The first-order valence-corrected chi connectivity index (χ1v) is 7.58. The average Bonchev–Trinajstić information content (AvgIpc) is 2.64. The quantitative estimate of drug-likeness (QED) is 0.787. The van der Waals surface area contributed by atoms with Crippen molar-refractivity contribution in [2.24, 2.45) is 12.8 Å². The molecule has 0 aliphatic carbocycles. The zero-order valence-corrected chi connectivity index (χ0v) is 13.2. The van der Waals surface area contributed by atoms with Gasteiger partial charge in [-0.15, -0.1) is 0 Å². The number of aromatic nitrogens is 2. The summed E-state index contributed by atoms with van der Waals surface area (Å²) < 4.78 is 2.03. The molecule has 1 atom stereocenters. The number of hydrogen-bond donors (Lipinski definition) is 1. The fourth-order valence-electron chi connectivity index (χ4n) is 2.59. The van der Waals surface area contributed by atoms with Crippen molar-refractivity contribution in [3.8, 4) is 0 Å². The van der Waals surface area contributed by atoms with Crippen LogP contribution in [0.5, 0.6) is 0 Å². The summed E-state index contributed by atoms with van der Waals surface area (Å²) in [5.41, 5.74) is 8.60. The summed E-state index contributed by atoms with van der Waals surface area (Å²) in [6.45, 7) is 10.9. The lowest BCUT2D eigenvalue weighted by Gasteiger charge is -2.25. The van der Waals surface area contributed by atoms with Crippen LogP contribution in [0.1, 0.15) is 51.3 Å². The van der Waals surface area contributed by atoms with Gasteiger partial charge in [0.1, 0.15) is 5.82 Å². The molecule has 2 N–H and O–H groups in total. The van der Waals surface area contributed by atoms with Crippen molar-refractivity contribution in [1.29, 1.82) is 0 Å². The number of hydrogen-bond acceptors (Lipinski definition) is 3. The monoisotopic (exact) mass is 266 g/mol. The molecule has 0 aliphatic heterocycles. The van der Waals surface area contributed by atoms with Crippen molar-refractivity contribution < 1.29 is 0 Å². The minimum Gasteiger partial charge on any atom is -0.357 e. The molecule has 1 heterocycles. The normalized spacial score (nSPS) is 12.7. The lowest BCUT2D eigenvalue weighted by Crippen LogP contribution is -2.29. The van der Waals surface area contributed by atoms with Gasteiger partial charge in [0, 0.05) is 31.7 Å². The second-order valence-corrected chi connectivity index (χ2v) is 5.37. The summed E-state index contributed by atoms with van der Waals surface area (Å²) in [5.74, 6) is 1.27. The van der Waals surface area contributed by atoms with E-state index < -0.39 is 0 Å². The van der Waals surface area contributed by atoms with E-state index in [1.165, 1.54) is 11.4 Å². The molecule has 0 fully saturated rings. The average molecular weight is 266 g/mol. The van der Waals surface area contributed by atoms with Crippen LogP contribution in [0.4, 0.5) is 5.82 Å². The van der Waals surface area contributed by atoms with E-state index in [1.54, 1.807) is 0 Å². The first-order valence-electron chi connectivity index (χ1n) is 7.58. The summed E-state index contributed by atoms with van der Waals surface area (Å²) in [7, 11) is 2.04. The van der Waals surface area contributed by atoms with Gasteiger partial charge in [-0.2, -0.15) is 5.10 Å². The van der Waals surface area contributed by atoms with Crippen molar-refractivity contribution in [2.45, 2.75) is 59.4 Å². The van der Waals surface area contributed by atoms with Crippen molar-refractivity contribution >= 4 is 5.82 Å². The van der Waals surface area contributed by atoms with Gasteiger partial charge in [-0.05, 0) is 32.6 Å². The molecule has 1 rings (SSSR count). The van der Waals surface area contributed by atoms with Crippen molar-refractivity contribution in [1.82, 2.24) is 9.78 Å². The maximum atomic E-state index is 6.14. The van der Waals surface area contributed by atoms with E-state index in [2.05, 4.69) is 37.7 Å². The van der Waals surface area contributed by atoms with Gasteiger partial charge in [-0.1, -0.05) is 20.8 Å². The van der Waals surface area contributed by atoms with E-state index in [4.69, 9.17) is 5.73 Å². The molecule has 1 aromatic rings. The second-order valence-electron chi connectivity index (χ2n) is 5.37. The highest BCUT2D eigenvalue weighted by molar-refractivity contribution is 5.50. The highest BCUT2D eigenvalue weighted by Crippen LogP contribution is 2.25. The molecular weight excluding hydrogens is 236 g/mol. The third-order valence-corrected chi connectivity index (χ3v) is 3.59. The number of nitrogens with two attached hydrogens (primary N) is 1. The van der Waals surface area contributed by atoms with Gasteiger partial charge in [0.05, 0.1) is 5.69 Å². The van der Waals surface area contributed by atoms with Gasteiger partial charge in [0.25, 0.3) is 0 Å². The molecule has 1 unspecified atom stereocenters. The minimum atomic E-state index is 0.228. The third kappa shape index (κ3) is 3.96. The molecule has 0 aliphatic rings. The SMILES string of the molecule is CCCN(CCC)c1c(CC(N)CC)c(C)nn1C. The van der Waals surface area contributed by atoms with Gasteiger partial charge in [-0.25, -0.2) is 0 Å². The topological polar surface area (TPSA) is 47.1 Å². The van der Waals surface area contributed by atoms with Gasteiger partial charge < -0.3 is 10.6 Å². The molecule has 0 amide bonds. The molecule has 0 saturated carbocycles. The van der Waals surface area contributed by atoms with Gasteiger partial charge in [0.15, 0.2) is 0 Å². The maximum Gasteiger partial charge on any atom is 0.130 e. The van der Waals surface area contributed by atoms with Gasteiger partial charge >= 0.3 is 0 Å². The van der Waals surface area contributed by atoms with Crippen molar-refractivity contribution in [3.63, 3.8) is 0 Å². The largest absolute Gasteiger partial charge is 0.357 e. The Morgan fingerprint density at radius 1 is 1.21 bits per heavy atom. The molecule has 0 spiro atoms. The zero-order valence-electron chi connectivity index (χ0n) is 13.2. The number of rotatable bonds is 8. The van der Waals surface area contributed by atoms with Crippen LogP contribution in [-0.2, 0) is 13.5 Å². The molecule has 4 heteroatoms. The van der Waals surface area contributed by atoms with Crippen molar-refractivity contribution in [2.75, 3.05) is 18.0 Å². The van der Waals surface area contributed by atoms with Crippen LogP contribution in [-0.4, -0.2) is 28.9 Å². The fourth-order valence-corrected chi connectivity index (χ4v) is 2.59. The van der Waals surface area contributed by atoms with Crippen LogP contribution < -0.4 is 10.6 Å². The Balaban J connectivity index is 3.08. The van der Waals surface area contributed by atoms with E-state index in [-0.39, 0.29) is 6.04 Å². The Morgan fingerprint density at radius 2 is 1.79 bits per heavy atom. The van der Waals surface area contributed by atoms with E-state index in [1.807, 2.05) is 11.7 Å². The first kappa shape index (κ1) is 16.0. The summed E-state index contributed by atoms with van der Waals surface area (Å²) in [5, 5.41) is 4.60. The van der Waals surface area contributed by atoms with Crippen LogP contribution in [0.3, 0.4) is 0 Å². The molecule has 4 nitrogen and oxygen atoms in total. The van der Waals surface area contributed by atoms with Gasteiger partial charge in [0.2, 0.25) is 0 Å². The predicted molar refractivity (Wildman–Crippen MR) is 82.7 cm³/mol. The molecule has 0 saturated heterocycles. The molecule has 0 radical (unpaired) electrons. The van der Waals surface area contributed by atoms with Crippen LogP contribution in [0, 0.1) is 6.92 Å². The molecule has 0 aromatic carbocycles. The highest BCUT2D eigenvalue weighted by atomic mass is 15.4. The summed E-state index contributed by atoms with van der Waals surface area (Å²) >= 11 is 0. The summed E-state index contributed by atoms with van der Waals surface area (Å²) in [4.78, 5) is 2.46. The zero-order chi connectivity index (χ0) is 14.4. The minimum absolute atomic E-state index is 0.228. The lowest BCUT2D eigenvalue weighted by atomic mass is 10.0. The molecule has 19 heavy (non-hydrogen) atoms. The molecular formula is C15H30N4. The maximum absolute atomic E-state index is 6.14. The van der Waals surface area contributed by atoms with Crippen LogP contribution in [0.15, 0.2) is 0 Å². The van der Waals surface area contributed by atoms with Crippen LogP contribution in [0.2, 0.25) is 0 Å². The summed E-state index contributed by atoms with van der Waals surface area (Å²) in [6, 6.07) is 0.228.